The van der Waals surface area contributed by atoms with Gasteiger partial charge < -0.3 is 10.1 Å². The number of thiophene rings is 1. The van der Waals surface area contributed by atoms with Gasteiger partial charge in [0.1, 0.15) is 11.6 Å². The molecule has 1 N–H and O–H groups in total. The second-order valence-electron chi connectivity index (χ2n) is 3.93. The summed E-state index contributed by atoms with van der Waals surface area (Å²) in [5, 5.41) is 4.75. The van der Waals surface area contributed by atoms with Crippen LogP contribution in [0.1, 0.15) is 15.2 Å². The van der Waals surface area contributed by atoms with Crippen molar-refractivity contribution in [3.8, 4) is 5.75 Å². The van der Waals surface area contributed by atoms with Gasteiger partial charge in [-0.1, -0.05) is 6.07 Å². The number of carbonyl (C=O) groups is 1. The van der Waals surface area contributed by atoms with Crippen LogP contribution in [0.2, 0.25) is 0 Å². The van der Waals surface area contributed by atoms with Crippen LogP contribution in [-0.4, -0.2) is 19.6 Å². The Bertz CT molecular complexity index is 555. The van der Waals surface area contributed by atoms with E-state index in [2.05, 4.69) is 5.32 Å². The number of hydrogen-bond donors (Lipinski definition) is 1. The van der Waals surface area contributed by atoms with E-state index in [9.17, 15) is 9.18 Å². The zero-order valence-corrected chi connectivity index (χ0v) is 11.3. The monoisotopic (exact) mass is 279 g/mol. The van der Waals surface area contributed by atoms with Crippen LogP contribution in [0.5, 0.6) is 5.75 Å². The lowest BCUT2D eigenvalue weighted by molar-refractivity contribution is 0.0950. The predicted octanol–water partition coefficient (Wildman–Crippen LogP) is 2.87. The van der Waals surface area contributed by atoms with E-state index in [4.69, 9.17) is 4.74 Å². The topological polar surface area (TPSA) is 38.3 Å². The van der Waals surface area contributed by atoms with E-state index in [1.807, 2.05) is 17.5 Å². The van der Waals surface area contributed by atoms with Crippen molar-refractivity contribution < 1.29 is 13.9 Å². The number of methoxy groups -OCH3 is 1. The molecule has 0 aliphatic heterocycles. The first kappa shape index (κ1) is 13.5. The van der Waals surface area contributed by atoms with Crippen LogP contribution in [0.15, 0.2) is 35.7 Å². The summed E-state index contributed by atoms with van der Waals surface area (Å²) in [6, 6.07) is 7.88. The van der Waals surface area contributed by atoms with E-state index in [1.165, 1.54) is 30.2 Å². The van der Waals surface area contributed by atoms with Gasteiger partial charge in [0.05, 0.1) is 12.7 Å². The molecule has 1 aromatic carbocycles. The molecule has 19 heavy (non-hydrogen) atoms. The molecule has 0 saturated carbocycles. The third-order valence-electron chi connectivity index (χ3n) is 2.64. The maximum Gasteiger partial charge on any atom is 0.255 e. The van der Waals surface area contributed by atoms with E-state index in [1.54, 1.807) is 11.3 Å². The first-order valence-corrected chi connectivity index (χ1v) is 6.73. The second-order valence-corrected chi connectivity index (χ2v) is 4.96. The molecule has 0 saturated heterocycles. The van der Waals surface area contributed by atoms with Crippen LogP contribution < -0.4 is 10.1 Å². The summed E-state index contributed by atoms with van der Waals surface area (Å²) in [4.78, 5) is 13.2. The first-order chi connectivity index (χ1) is 9.20. The third kappa shape index (κ3) is 3.54. The molecular formula is C14H14FNO2S. The fourth-order valence-electron chi connectivity index (χ4n) is 1.71. The first-order valence-electron chi connectivity index (χ1n) is 5.85. The summed E-state index contributed by atoms with van der Waals surface area (Å²) in [6.45, 7) is 0.513. The summed E-state index contributed by atoms with van der Waals surface area (Å²) >= 11 is 1.64. The van der Waals surface area contributed by atoms with Crippen LogP contribution in [0, 0.1) is 5.82 Å². The minimum atomic E-state index is -0.454. The van der Waals surface area contributed by atoms with Crippen LogP contribution in [-0.2, 0) is 6.42 Å². The number of amides is 1. The molecule has 1 heterocycles. The molecule has 100 valence electrons. The summed E-state index contributed by atoms with van der Waals surface area (Å²) in [6.07, 6.45) is 0.765. The number of ether oxygens (including phenoxy) is 1. The Balaban J connectivity index is 1.97. The predicted molar refractivity (Wildman–Crippen MR) is 73.3 cm³/mol. The standard InChI is InChI=1S/C14H14FNO2S/c1-18-13-5-4-10(15)9-12(13)14(17)16-7-6-11-3-2-8-19-11/h2-5,8-9H,6-7H2,1H3,(H,16,17). The summed E-state index contributed by atoms with van der Waals surface area (Å²) in [5.74, 6) is -0.410. The third-order valence-corrected chi connectivity index (χ3v) is 3.58. The normalized spacial score (nSPS) is 10.2. The molecule has 0 aliphatic carbocycles. The number of hydrogen-bond acceptors (Lipinski definition) is 3. The lowest BCUT2D eigenvalue weighted by Gasteiger charge is -2.09. The van der Waals surface area contributed by atoms with E-state index in [-0.39, 0.29) is 11.5 Å². The number of nitrogens with one attached hydrogen (secondary N) is 1. The maximum absolute atomic E-state index is 13.2. The van der Waals surface area contributed by atoms with Gasteiger partial charge in [-0.15, -0.1) is 11.3 Å². The van der Waals surface area contributed by atoms with Crippen LogP contribution >= 0.6 is 11.3 Å². The van der Waals surface area contributed by atoms with Gasteiger partial charge in [0.2, 0.25) is 0 Å². The number of rotatable bonds is 5. The lowest BCUT2D eigenvalue weighted by Crippen LogP contribution is -2.26. The number of halogens is 1. The Kier molecular flexibility index (Phi) is 4.52. The maximum atomic E-state index is 13.2. The number of benzene rings is 1. The quantitative estimate of drug-likeness (QED) is 0.914. The average molecular weight is 279 g/mol. The van der Waals surface area contributed by atoms with Crippen molar-refractivity contribution in [2.45, 2.75) is 6.42 Å². The van der Waals surface area contributed by atoms with Crippen molar-refractivity contribution in [1.82, 2.24) is 5.32 Å². The smallest absolute Gasteiger partial charge is 0.255 e. The molecule has 5 heteroatoms. The van der Waals surface area contributed by atoms with Crippen LogP contribution in [0.4, 0.5) is 4.39 Å². The average Bonchev–Trinajstić information content (AvgIpc) is 2.91. The van der Waals surface area contributed by atoms with Crippen LogP contribution in [0.3, 0.4) is 0 Å². The Hall–Kier alpha value is -1.88. The van der Waals surface area contributed by atoms with E-state index >= 15 is 0 Å². The van der Waals surface area contributed by atoms with E-state index < -0.39 is 5.82 Å². The van der Waals surface area contributed by atoms with Gasteiger partial charge in [-0.2, -0.15) is 0 Å². The molecule has 2 aromatic rings. The molecule has 0 unspecified atom stereocenters. The van der Waals surface area contributed by atoms with Gasteiger partial charge in [0, 0.05) is 11.4 Å². The Morgan fingerprint density at radius 3 is 2.95 bits per heavy atom. The minimum Gasteiger partial charge on any atom is -0.496 e. The summed E-state index contributed by atoms with van der Waals surface area (Å²) in [7, 11) is 1.45. The molecule has 0 radical (unpaired) electrons. The van der Waals surface area contributed by atoms with Crippen molar-refractivity contribution in [3.63, 3.8) is 0 Å². The largest absolute Gasteiger partial charge is 0.496 e. The molecule has 0 atom stereocenters. The Morgan fingerprint density at radius 2 is 2.26 bits per heavy atom. The van der Waals surface area contributed by atoms with Crippen molar-refractivity contribution in [2.75, 3.05) is 13.7 Å². The molecule has 0 spiro atoms. The SMILES string of the molecule is COc1ccc(F)cc1C(=O)NCCc1cccs1. The fraction of sp³-hybridized carbons (Fsp3) is 0.214. The van der Waals surface area contributed by atoms with Crippen molar-refractivity contribution >= 4 is 17.2 Å². The lowest BCUT2D eigenvalue weighted by atomic mass is 10.2. The molecule has 0 fully saturated rings. The van der Waals surface area contributed by atoms with Crippen molar-refractivity contribution in [1.29, 1.82) is 0 Å². The highest BCUT2D eigenvalue weighted by molar-refractivity contribution is 7.09. The summed E-state index contributed by atoms with van der Waals surface area (Å²) in [5.41, 5.74) is 0.216. The molecular weight excluding hydrogens is 265 g/mol. The molecule has 3 nitrogen and oxygen atoms in total. The Labute approximate surface area is 115 Å². The Morgan fingerprint density at radius 1 is 1.42 bits per heavy atom. The van der Waals surface area contributed by atoms with E-state index in [0.717, 1.165) is 6.42 Å². The number of carbonyl (C=O) groups excluding carboxylic acids is 1. The van der Waals surface area contributed by atoms with Gasteiger partial charge in [-0.3, -0.25) is 4.79 Å². The highest BCUT2D eigenvalue weighted by Gasteiger charge is 2.12. The highest BCUT2D eigenvalue weighted by Crippen LogP contribution is 2.19. The molecule has 1 aromatic heterocycles. The van der Waals surface area contributed by atoms with Crippen molar-refractivity contribution in [2.24, 2.45) is 0 Å². The fourth-order valence-corrected chi connectivity index (χ4v) is 2.42. The molecule has 0 aliphatic rings. The van der Waals surface area contributed by atoms with Gasteiger partial charge >= 0.3 is 0 Å². The van der Waals surface area contributed by atoms with Crippen LogP contribution in [0.25, 0.3) is 0 Å². The zero-order valence-electron chi connectivity index (χ0n) is 10.5. The molecule has 0 bridgehead atoms. The zero-order chi connectivity index (χ0) is 13.7. The second kappa shape index (κ2) is 6.33. The van der Waals surface area contributed by atoms with Gasteiger partial charge in [-0.25, -0.2) is 4.39 Å². The van der Waals surface area contributed by atoms with Gasteiger partial charge in [0.15, 0.2) is 0 Å². The van der Waals surface area contributed by atoms with E-state index in [0.29, 0.717) is 12.3 Å². The minimum absolute atomic E-state index is 0.216. The molecule has 2 rings (SSSR count). The summed E-state index contributed by atoms with van der Waals surface area (Å²) < 4.78 is 18.2. The van der Waals surface area contributed by atoms with Crippen molar-refractivity contribution in [3.05, 3.63) is 52.0 Å². The van der Waals surface area contributed by atoms with Gasteiger partial charge in [0.25, 0.3) is 5.91 Å². The highest BCUT2D eigenvalue weighted by atomic mass is 32.1. The molecule has 1 amide bonds. The van der Waals surface area contributed by atoms with Gasteiger partial charge in [-0.05, 0) is 36.1 Å².